The van der Waals surface area contributed by atoms with E-state index in [1.54, 1.807) is 0 Å². The highest BCUT2D eigenvalue weighted by atomic mass is 14.8. The minimum absolute atomic E-state index is 0.944. The smallest absolute Gasteiger partial charge is 0.0271 e. The monoisotopic (exact) mass is 177 g/mol. The number of nitrogens with zero attached hydrogens (tertiary/aromatic N) is 1. The SMILES string of the molecule is [CH2]CCCCNCc1ccncc1. The van der Waals surface area contributed by atoms with Crippen molar-refractivity contribution in [2.75, 3.05) is 6.54 Å². The number of hydrogen-bond donors (Lipinski definition) is 1. The van der Waals surface area contributed by atoms with E-state index in [4.69, 9.17) is 0 Å². The van der Waals surface area contributed by atoms with E-state index in [0.717, 1.165) is 19.5 Å². The fourth-order valence-electron chi connectivity index (χ4n) is 1.16. The van der Waals surface area contributed by atoms with Gasteiger partial charge in [0, 0.05) is 18.9 Å². The van der Waals surface area contributed by atoms with Gasteiger partial charge in [-0.3, -0.25) is 4.98 Å². The molecular weight excluding hydrogens is 160 g/mol. The molecule has 0 aliphatic carbocycles. The van der Waals surface area contributed by atoms with E-state index in [1.165, 1.54) is 18.4 Å². The molecule has 1 rings (SSSR count). The summed E-state index contributed by atoms with van der Waals surface area (Å²) in [6.45, 7) is 5.83. The maximum absolute atomic E-state index is 3.97. The van der Waals surface area contributed by atoms with E-state index in [2.05, 4.69) is 17.2 Å². The molecule has 1 radical (unpaired) electrons. The molecular formula is C11H17N2. The van der Waals surface area contributed by atoms with Gasteiger partial charge in [-0.25, -0.2) is 0 Å². The zero-order valence-electron chi connectivity index (χ0n) is 8.00. The number of aromatic nitrogens is 1. The number of unbranched alkanes of at least 4 members (excludes halogenated alkanes) is 2. The topological polar surface area (TPSA) is 24.9 Å². The first-order chi connectivity index (χ1) is 6.43. The molecule has 1 heterocycles. The van der Waals surface area contributed by atoms with Crippen LogP contribution in [-0.2, 0) is 6.54 Å². The van der Waals surface area contributed by atoms with Crippen LogP contribution >= 0.6 is 0 Å². The van der Waals surface area contributed by atoms with Crippen LogP contribution in [0.3, 0.4) is 0 Å². The second-order valence-corrected chi connectivity index (χ2v) is 3.09. The van der Waals surface area contributed by atoms with Crippen LogP contribution in [0.5, 0.6) is 0 Å². The lowest BCUT2D eigenvalue weighted by Gasteiger charge is -2.03. The lowest BCUT2D eigenvalue weighted by Crippen LogP contribution is -2.14. The molecule has 1 aromatic heterocycles. The number of hydrogen-bond acceptors (Lipinski definition) is 2. The van der Waals surface area contributed by atoms with Crippen molar-refractivity contribution in [1.29, 1.82) is 0 Å². The van der Waals surface area contributed by atoms with E-state index in [1.807, 2.05) is 24.5 Å². The standard InChI is InChI=1S/C11H17N2/c1-2-3-4-7-13-10-11-5-8-12-9-6-11/h5-6,8-9,13H,1-4,7,10H2. The van der Waals surface area contributed by atoms with Crippen LogP contribution in [0, 0.1) is 6.92 Å². The van der Waals surface area contributed by atoms with Crippen molar-refractivity contribution in [3.8, 4) is 0 Å². The Bertz CT molecular complexity index is 209. The van der Waals surface area contributed by atoms with E-state index in [-0.39, 0.29) is 0 Å². The van der Waals surface area contributed by atoms with Gasteiger partial charge in [0.1, 0.15) is 0 Å². The molecule has 0 amide bonds. The van der Waals surface area contributed by atoms with E-state index >= 15 is 0 Å². The minimum atomic E-state index is 0.944. The number of rotatable bonds is 6. The molecule has 0 aliphatic heterocycles. The molecule has 0 unspecified atom stereocenters. The summed E-state index contributed by atoms with van der Waals surface area (Å²) in [4.78, 5) is 3.97. The van der Waals surface area contributed by atoms with Crippen molar-refractivity contribution >= 4 is 0 Å². The largest absolute Gasteiger partial charge is 0.313 e. The van der Waals surface area contributed by atoms with Crippen molar-refractivity contribution in [2.45, 2.75) is 25.8 Å². The average molecular weight is 177 g/mol. The molecule has 0 spiro atoms. The van der Waals surface area contributed by atoms with Gasteiger partial charge in [0.15, 0.2) is 0 Å². The molecule has 0 saturated heterocycles. The quantitative estimate of drug-likeness (QED) is 0.674. The summed E-state index contributed by atoms with van der Waals surface area (Å²) < 4.78 is 0. The van der Waals surface area contributed by atoms with Gasteiger partial charge in [-0.1, -0.05) is 19.8 Å². The fourth-order valence-corrected chi connectivity index (χ4v) is 1.16. The van der Waals surface area contributed by atoms with Gasteiger partial charge in [0.2, 0.25) is 0 Å². The summed E-state index contributed by atoms with van der Waals surface area (Å²) >= 11 is 0. The Morgan fingerprint density at radius 1 is 1.23 bits per heavy atom. The molecule has 71 valence electrons. The lowest BCUT2D eigenvalue weighted by molar-refractivity contribution is 0.626. The minimum Gasteiger partial charge on any atom is -0.313 e. The zero-order chi connectivity index (χ0) is 9.36. The first-order valence-corrected chi connectivity index (χ1v) is 4.82. The molecule has 0 fully saturated rings. The van der Waals surface area contributed by atoms with Crippen LogP contribution in [0.25, 0.3) is 0 Å². The summed E-state index contributed by atoms with van der Waals surface area (Å²) in [5.41, 5.74) is 1.30. The van der Waals surface area contributed by atoms with Crippen LogP contribution in [0.2, 0.25) is 0 Å². The molecule has 0 bridgehead atoms. The van der Waals surface area contributed by atoms with Gasteiger partial charge in [0.25, 0.3) is 0 Å². The van der Waals surface area contributed by atoms with Crippen LogP contribution in [0.4, 0.5) is 0 Å². The van der Waals surface area contributed by atoms with Crippen molar-refractivity contribution < 1.29 is 0 Å². The highest BCUT2D eigenvalue weighted by molar-refractivity contribution is 5.08. The molecule has 13 heavy (non-hydrogen) atoms. The zero-order valence-corrected chi connectivity index (χ0v) is 8.00. The summed E-state index contributed by atoms with van der Waals surface area (Å²) in [7, 11) is 0. The van der Waals surface area contributed by atoms with E-state index in [9.17, 15) is 0 Å². The molecule has 1 aromatic rings. The Hall–Kier alpha value is -0.890. The van der Waals surface area contributed by atoms with Crippen molar-refractivity contribution in [1.82, 2.24) is 10.3 Å². The first kappa shape index (κ1) is 10.2. The Labute approximate surface area is 80.4 Å². The summed E-state index contributed by atoms with van der Waals surface area (Å²) in [6.07, 6.45) is 7.12. The van der Waals surface area contributed by atoms with E-state index in [0.29, 0.717) is 0 Å². The number of nitrogens with one attached hydrogen (secondary N) is 1. The third kappa shape index (κ3) is 4.63. The van der Waals surface area contributed by atoms with Gasteiger partial charge in [0.05, 0.1) is 0 Å². The molecule has 2 heteroatoms. The third-order valence-electron chi connectivity index (χ3n) is 1.93. The van der Waals surface area contributed by atoms with Crippen LogP contribution in [0.15, 0.2) is 24.5 Å². The highest BCUT2D eigenvalue weighted by Crippen LogP contribution is 1.96. The first-order valence-electron chi connectivity index (χ1n) is 4.82. The van der Waals surface area contributed by atoms with Gasteiger partial charge >= 0.3 is 0 Å². The molecule has 0 aromatic carbocycles. The molecule has 2 nitrogen and oxygen atoms in total. The Morgan fingerprint density at radius 2 is 2.00 bits per heavy atom. The second-order valence-electron chi connectivity index (χ2n) is 3.09. The fraction of sp³-hybridized carbons (Fsp3) is 0.455. The van der Waals surface area contributed by atoms with Gasteiger partial charge in [-0.15, -0.1) is 0 Å². The molecule has 1 N–H and O–H groups in total. The lowest BCUT2D eigenvalue weighted by atomic mass is 10.2. The predicted octanol–water partition coefficient (Wildman–Crippen LogP) is 2.18. The van der Waals surface area contributed by atoms with Crippen molar-refractivity contribution in [2.24, 2.45) is 0 Å². The van der Waals surface area contributed by atoms with Crippen LogP contribution < -0.4 is 5.32 Å². The third-order valence-corrected chi connectivity index (χ3v) is 1.93. The second kappa shape index (κ2) is 6.61. The van der Waals surface area contributed by atoms with Crippen molar-refractivity contribution in [3.63, 3.8) is 0 Å². The van der Waals surface area contributed by atoms with Gasteiger partial charge in [-0.2, -0.15) is 0 Å². The Morgan fingerprint density at radius 3 is 2.69 bits per heavy atom. The average Bonchev–Trinajstić information content (AvgIpc) is 2.19. The summed E-state index contributed by atoms with van der Waals surface area (Å²) in [5, 5.41) is 3.38. The van der Waals surface area contributed by atoms with Crippen molar-refractivity contribution in [3.05, 3.63) is 37.0 Å². The van der Waals surface area contributed by atoms with E-state index < -0.39 is 0 Å². The normalized spacial score (nSPS) is 10.2. The summed E-state index contributed by atoms with van der Waals surface area (Å²) in [6, 6.07) is 4.07. The Kier molecular flexibility index (Phi) is 5.18. The van der Waals surface area contributed by atoms with Gasteiger partial charge in [-0.05, 0) is 30.7 Å². The summed E-state index contributed by atoms with van der Waals surface area (Å²) in [5.74, 6) is 0. The predicted molar refractivity (Wildman–Crippen MR) is 55.2 cm³/mol. The maximum atomic E-state index is 3.97. The number of pyridine rings is 1. The Balaban J connectivity index is 2.07. The van der Waals surface area contributed by atoms with Gasteiger partial charge < -0.3 is 5.32 Å². The maximum Gasteiger partial charge on any atom is 0.0271 e. The molecule has 0 aliphatic rings. The molecule has 0 atom stereocenters. The van der Waals surface area contributed by atoms with Crippen LogP contribution in [-0.4, -0.2) is 11.5 Å². The van der Waals surface area contributed by atoms with Crippen LogP contribution in [0.1, 0.15) is 24.8 Å². The highest BCUT2D eigenvalue weighted by Gasteiger charge is 1.90. The molecule has 0 saturated carbocycles.